The molecule has 0 aromatic heterocycles. The average Bonchev–Trinajstić information content (AvgIpc) is 2.21. The van der Waals surface area contributed by atoms with Gasteiger partial charge in [-0.05, 0) is 0 Å². The summed E-state index contributed by atoms with van der Waals surface area (Å²) >= 11 is 0. The molecule has 0 N–H and O–H groups in total. The molecule has 0 fully saturated rings. The van der Waals surface area contributed by atoms with Crippen LogP contribution < -0.4 is 0 Å². The molecular formula is C8H5F4NO2. The third-order valence-corrected chi connectivity index (χ3v) is 1.68. The first kappa shape index (κ1) is 13.3. The molecule has 0 saturated carbocycles. The molecule has 15 heavy (non-hydrogen) atoms. The van der Waals surface area contributed by atoms with E-state index in [9.17, 15) is 27.2 Å². The van der Waals surface area contributed by atoms with E-state index in [1.54, 1.807) is 0 Å². The maximum Gasteiger partial charge on any atom is 0.298 e. The van der Waals surface area contributed by atoms with E-state index in [0.717, 1.165) is 0 Å². The summed E-state index contributed by atoms with van der Waals surface area (Å²) in [6.45, 7) is 0. The first-order chi connectivity index (χ1) is 6.36. The van der Waals surface area contributed by atoms with Gasteiger partial charge in [0, 0.05) is 0 Å². The van der Waals surface area contributed by atoms with Crippen LogP contribution in [0.4, 0.5) is 17.6 Å². The van der Waals surface area contributed by atoms with Gasteiger partial charge in [-0.15, -0.1) is 0 Å². The summed E-state index contributed by atoms with van der Waals surface area (Å²) in [7, 11) is 0. The second kappa shape index (κ2) is 3.81. The van der Waals surface area contributed by atoms with Crippen LogP contribution in [-0.4, -0.2) is 23.4 Å². The Kier molecular flexibility index (Phi) is 3.37. The zero-order valence-electron chi connectivity index (χ0n) is 6.35. The van der Waals surface area contributed by atoms with E-state index in [1.165, 1.54) is 0 Å². The van der Waals surface area contributed by atoms with Crippen LogP contribution in [0.25, 0.3) is 0 Å². The van der Waals surface area contributed by atoms with Crippen LogP contribution >= 0.6 is 0 Å². The highest BCUT2D eigenvalue weighted by molar-refractivity contribution is 6.17. The Hall–Kier alpha value is -1.71. The largest absolute Gasteiger partial charge is 0.298 e. The van der Waals surface area contributed by atoms with Gasteiger partial charge in [-0.2, -0.15) is 14.0 Å². The van der Waals surface area contributed by atoms with E-state index in [4.69, 9.17) is 5.26 Å². The lowest BCUT2D eigenvalue weighted by atomic mass is 9.87. The van der Waals surface area contributed by atoms with Crippen LogP contribution in [0.2, 0.25) is 0 Å². The van der Waals surface area contributed by atoms with Gasteiger partial charge in [0.25, 0.3) is 5.67 Å². The van der Waals surface area contributed by atoms with Crippen LogP contribution in [0, 0.1) is 11.3 Å². The second-order valence-corrected chi connectivity index (χ2v) is 2.51. The summed E-state index contributed by atoms with van der Waals surface area (Å²) in [6, 6.07) is 0.508. The summed E-state index contributed by atoms with van der Waals surface area (Å²) in [5.41, 5.74) is -3.96. The van der Waals surface area contributed by atoms with E-state index in [2.05, 4.69) is 0 Å². The lowest BCUT2D eigenvalue weighted by molar-refractivity contribution is -0.139. The van der Waals surface area contributed by atoms with Crippen molar-refractivity contribution in [1.29, 1.82) is 5.26 Å². The fourth-order valence-electron chi connectivity index (χ4n) is 0.882. The van der Waals surface area contributed by atoms with Gasteiger partial charge in [-0.1, -0.05) is 7.43 Å². The van der Waals surface area contributed by atoms with Crippen molar-refractivity contribution in [3.63, 3.8) is 0 Å². The number of hydrogen-bond acceptors (Lipinski definition) is 3. The number of allylic oxidation sites excluding steroid dienone is 2. The summed E-state index contributed by atoms with van der Waals surface area (Å²) in [6.07, 6.45) is -3.32. The summed E-state index contributed by atoms with van der Waals surface area (Å²) in [5, 5.41) is 8.06. The molecule has 0 spiro atoms. The minimum Gasteiger partial charge on any atom is -0.288 e. The predicted molar refractivity (Wildman–Crippen MR) is 40.3 cm³/mol. The molecule has 2 atom stereocenters. The maximum atomic E-state index is 13.0. The molecule has 3 nitrogen and oxygen atoms in total. The van der Waals surface area contributed by atoms with Crippen molar-refractivity contribution < 1.29 is 27.2 Å². The van der Waals surface area contributed by atoms with Crippen molar-refractivity contribution in [2.24, 2.45) is 0 Å². The monoisotopic (exact) mass is 223 g/mol. The molecule has 1 aliphatic rings. The molecule has 1 aliphatic carbocycles. The number of nitriles is 1. The molecule has 82 valence electrons. The normalized spacial score (nSPS) is 31.0. The lowest BCUT2D eigenvalue weighted by Crippen LogP contribution is -2.50. The summed E-state index contributed by atoms with van der Waals surface area (Å²) < 4.78 is 50.5. The first-order valence-corrected chi connectivity index (χ1v) is 3.24. The summed E-state index contributed by atoms with van der Waals surface area (Å²) in [5.74, 6) is -9.12. The smallest absolute Gasteiger partial charge is 0.288 e. The molecule has 0 amide bonds. The molecule has 7 heteroatoms. The standard InChI is InChI=1S/C7HF4NO2.CH4/c8-2-3(9)6(14)7(11,1-12)5(10)4(2)13;/h5H;1H4. The van der Waals surface area contributed by atoms with Crippen molar-refractivity contribution in [3.05, 3.63) is 11.7 Å². The number of carbonyl (C=O) groups is 2. The Morgan fingerprint density at radius 2 is 1.73 bits per heavy atom. The molecule has 0 heterocycles. The lowest BCUT2D eigenvalue weighted by Gasteiger charge is -2.21. The molecule has 1 rings (SSSR count). The highest BCUT2D eigenvalue weighted by atomic mass is 19.2. The number of Topliss-reactive ketones (excluding diaryl/α,β-unsaturated/α-hetero) is 2. The molecule has 0 aliphatic heterocycles. The SMILES string of the molecule is C.N#CC1(F)C(=O)C(F)=C(F)C(=O)C1F. The number of ketones is 2. The van der Waals surface area contributed by atoms with Crippen LogP contribution in [0.1, 0.15) is 7.43 Å². The molecular weight excluding hydrogens is 218 g/mol. The van der Waals surface area contributed by atoms with Gasteiger partial charge in [0.15, 0.2) is 0 Å². The van der Waals surface area contributed by atoms with Crippen LogP contribution in [0.3, 0.4) is 0 Å². The number of nitrogens with zero attached hydrogens (tertiary/aromatic N) is 1. The number of hydrogen-bond donors (Lipinski definition) is 0. The number of rotatable bonds is 0. The van der Waals surface area contributed by atoms with Crippen molar-refractivity contribution in [2.45, 2.75) is 19.3 Å². The maximum absolute atomic E-state index is 13.0. The van der Waals surface area contributed by atoms with Crippen molar-refractivity contribution >= 4 is 11.6 Å². The number of alkyl halides is 2. The number of halogens is 4. The average molecular weight is 223 g/mol. The van der Waals surface area contributed by atoms with E-state index in [0.29, 0.717) is 6.07 Å². The zero-order valence-corrected chi connectivity index (χ0v) is 6.35. The van der Waals surface area contributed by atoms with Gasteiger partial charge in [0.1, 0.15) is 6.07 Å². The summed E-state index contributed by atoms with van der Waals surface area (Å²) in [4.78, 5) is 21.0. The minimum atomic E-state index is -3.96. The van der Waals surface area contributed by atoms with Crippen LogP contribution in [-0.2, 0) is 9.59 Å². The third-order valence-electron chi connectivity index (χ3n) is 1.68. The highest BCUT2D eigenvalue weighted by Gasteiger charge is 2.58. The fourth-order valence-corrected chi connectivity index (χ4v) is 0.882. The topological polar surface area (TPSA) is 57.9 Å². The van der Waals surface area contributed by atoms with Gasteiger partial charge in [-0.25, -0.2) is 8.78 Å². The molecule has 2 unspecified atom stereocenters. The quantitative estimate of drug-likeness (QED) is 0.584. The molecule has 0 aromatic rings. The van der Waals surface area contributed by atoms with Crippen molar-refractivity contribution in [2.75, 3.05) is 0 Å². The van der Waals surface area contributed by atoms with E-state index in [1.807, 2.05) is 0 Å². The Labute approximate surface area is 82.0 Å². The van der Waals surface area contributed by atoms with Gasteiger partial charge in [0.2, 0.25) is 29.4 Å². The third kappa shape index (κ3) is 1.52. The zero-order chi connectivity index (χ0) is 11.1. The minimum absolute atomic E-state index is 0. The molecule has 0 bridgehead atoms. The van der Waals surface area contributed by atoms with Crippen molar-refractivity contribution in [1.82, 2.24) is 0 Å². The molecule has 0 aromatic carbocycles. The Balaban J connectivity index is 0.00000196. The van der Waals surface area contributed by atoms with Crippen molar-refractivity contribution in [3.8, 4) is 6.07 Å². The van der Waals surface area contributed by atoms with Crippen LogP contribution in [0.5, 0.6) is 0 Å². The second-order valence-electron chi connectivity index (χ2n) is 2.51. The Morgan fingerprint density at radius 1 is 1.27 bits per heavy atom. The predicted octanol–water partition coefficient (Wildman–Crippen LogP) is 1.49. The molecule has 0 saturated heterocycles. The Bertz CT molecular complexity index is 398. The van der Waals surface area contributed by atoms with Gasteiger partial charge >= 0.3 is 0 Å². The van der Waals surface area contributed by atoms with Crippen LogP contribution in [0.15, 0.2) is 11.7 Å². The molecule has 0 radical (unpaired) electrons. The first-order valence-electron chi connectivity index (χ1n) is 3.24. The van der Waals surface area contributed by atoms with Gasteiger partial charge in [-0.3, -0.25) is 9.59 Å². The Morgan fingerprint density at radius 3 is 2.13 bits per heavy atom. The fraction of sp³-hybridized carbons (Fsp3) is 0.375. The number of carbonyl (C=O) groups excluding carboxylic acids is 2. The van der Waals surface area contributed by atoms with Gasteiger partial charge in [0.05, 0.1) is 0 Å². The van der Waals surface area contributed by atoms with Gasteiger partial charge < -0.3 is 0 Å². The highest BCUT2D eigenvalue weighted by Crippen LogP contribution is 2.33. The van der Waals surface area contributed by atoms with E-state index in [-0.39, 0.29) is 7.43 Å². The van der Waals surface area contributed by atoms with E-state index < -0.39 is 35.1 Å². The van der Waals surface area contributed by atoms with E-state index >= 15 is 0 Å².